The van der Waals surface area contributed by atoms with Crippen molar-refractivity contribution < 1.29 is 4.39 Å². The summed E-state index contributed by atoms with van der Waals surface area (Å²) in [7, 11) is 0. The van der Waals surface area contributed by atoms with Crippen LogP contribution in [0.25, 0.3) is 10.9 Å². The minimum absolute atomic E-state index is 0.0814. The molecule has 3 nitrogen and oxygen atoms in total. The number of halogens is 1. The molecule has 0 fully saturated rings. The van der Waals surface area contributed by atoms with Crippen molar-refractivity contribution in [2.45, 2.75) is 59.4 Å². The van der Waals surface area contributed by atoms with Gasteiger partial charge in [0.25, 0.3) is 5.56 Å². The van der Waals surface area contributed by atoms with Gasteiger partial charge in [-0.15, -0.1) is 0 Å². The number of aryl methyl sites for hydroxylation is 1. The van der Waals surface area contributed by atoms with Crippen molar-refractivity contribution in [2.24, 2.45) is 0 Å². The van der Waals surface area contributed by atoms with E-state index in [4.69, 9.17) is 0 Å². The maximum atomic E-state index is 14.2. The van der Waals surface area contributed by atoms with Crippen LogP contribution in [-0.2, 0) is 11.0 Å². The molecule has 1 heterocycles. The first-order valence-corrected chi connectivity index (χ1v) is 7.17. The summed E-state index contributed by atoms with van der Waals surface area (Å²) in [4.78, 5) is 17.6. The average Bonchev–Trinajstić information content (AvgIpc) is 2.30. The Balaban J connectivity index is 3.11. The van der Waals surface area contributed by atoms with Crippen LogP contribution in [0.3, 0.4) is 0 Å². The molecule has 1 aromatic carbocycles. The lowest BCUT2D eigenvalue weighted by atomic mass is 9.92. The number of nitrogens with zero attached hydrogens (tertiary/aromatic N) is 2. The van der Waals surface area contributed by atoms with Crippen LogP contribution < -0.4 is 5.56 Å². The minimum atomic E-state index is -0.508. The zero-order valence-electron chi connectivity index (χ0n) is 13.8. The van der Waals surface area contributed by atoms with Crippen molar-refractivity contribution in [1.29, 1.82) is 0 Å². The Labute approximate surface area is 124 Å². The molecule has 2 rings (SSSR count). The Kier molecular flexibility index (Phi) is 3.47. The number of benzene rings is 1. The molecule has 0 aliphatic carbocycles. The van der Waals surface area contributed by atoms with E-state index in [2.05, 4.69) is 4.98 Å². The number of hydrogen-bond acceptors (Lipinski definition) is 2. The van der Waals surface area contributed by atoms with Crippen LogP contribution in [0.2, 0.25) is 0 Å². The quantitative estimate of drug-likeness (QED) is 0.737. The Morgan fingerprint density at radius 3 is 2.14 bits per heavy atom. The minimum Gasteiger partial charge on any atom is -0.290 e. The molecule has 2 aromatic rings. The van der Waals surface area contributed by atoms with Gasteiger partial charge >= 0.3 is 0 Å². The van der Waals surface area contributed by atoms with Gasteiger partial charge in [0, 0.05) is 11.0 Å². The number of fused-ring (bicyclic) bond motifs is 1. The van der Waals surface area contributed by atoms with E-state index >= 15 is 0 Å². The van der Waals surface area contributed by atoms with E-state index in [1.165, 1.54) is 6.07 Å². The van der Waals surface area contributed by atoms with Crippen molar-refractivity contribution in [2.75, 3.05) is 0 Å². The van der Waals surface area contributed by atoms with Gasteiger partial charge in [-0.1, -0.05) is 26.8 Å². The highest BCUT2D eigenvalue weighted by molar-refractivity contribution is 5.81. The summed E-state index contributed by atoms with van der Waals surface area (Å²) in [5.41, 5.74) is 0.204. The predicted molar refractivity (Wildman–Crippen MR) is 84.4 cm³/mol. The SMILES string of the molecule is Cc1ccc(F)c2c(=O)n(C(C)(C)C)c(C(C)(C)C)nc12. The highest BCUT2D eigenvalue weighted by Crippen LogP contribution is 2.27. The maximum Gasteiger partial charge on any atom is 0.264 e. The molecule has 21 heavy (non-hydrogen) atoms. The fourth-order valence-corrected chi connectivity index (χ4v) is 2.51. The Morgan fingerprint density at radius 2 is 1.67 bits per heavy atom. The third kappa shape index (κ3) is 2.59. The highest BCUT2D eigenvalue weighted by Gasteiger charge is 2.29. The molecule has 0 saturated heterocycles. The molecule has 0 aliphatic heterocycles. The van der Waals surface area contributed by atoms with E-state index in [1.54, 1.807) is 10.6 Å². The molecular formula is C17H23FN2O. The van der Waals surface area contributed by atoms with Gasteiger partial charge in [0.2, 0.25) is 0 Å². The van der Waals surface area contributed by atoms with Gasteiger partial charge in [0.1, 0.15) is 17.0 Å². The first kappa shape index (κ1) is 15.7. The first-order valence-electron chi connectivity index (χ1n) is 7.17. The zero-order valence-corrected chi connectivity index (χ0v) is 13.8. The van der Waals surface area contributed by atoms with Crippen LogP contribution in [0, 0.1) is 12.7 Å². The number of rotatable bonds is 0. The molecule has 0 bridgehead atoms. The molecule has 0 spiro atoms. The van der Waals surface area contributed by atoms with Crippen molar-refractivity contribution in [3.05, 3.63) is 39.7 Å². The molecule has 0 aliphatic rings. The fraction of sp³-hybridized carbons (Fsp3) is 0.529. The summed E-state index contributed by atoms with van der Waals surface area (Å²) in [5.74, 6) is 0.174. The van der Waals surface area contributed by atoms with Crippen molar-refractivity contribution in [3.8, 4) is 0 Å². The van der Waals surface area contributed by atoms with E-state index in [-0.39, 0.29) is 16.4 Å². The number of hydrogen-bond donors (Lipinski definition) is 0. The molecule has 0 amide bonds. The third-order valence-corrected chi connectivity index (χ3v) is 3.52. The van der Waals surface area contributed by atoms with Gasteiger partial charge in [-0.05, 0) is 39.3 Å². The van der Waals surface area contributed by atoms with Gasteiger partial charge in [-0.2, -0.15) is 0 Å². The molecule has 0 atom stereocenters. The lowest BCUT2D eigenvalue weighted by Gasteiger charge is -2.31. The summed E-state index contributed by atoms with van der Waals surface area (Å²) < 4.78 is 15.8. The molecule has 4 heteroatoms. The zero-order chi connectivity index (χ0) is 16.2. The molecule has 1 aromatic heterocycles. The predicted octanol–water partition coefficient (Wildman–Crippen LogP) is 3.90. The molecular weight excluding hydrogens is 267 g/mol. The highest BCUT2D eigenvalue weighted by atomic mass is 19.1. The monoisotopic (exact) mass is 290 g/mol. The Morgan fingerprint density at radius 1 is 1.10 bits per heavy atom. The van der Waals surface area contributed by atoms with Gasteiger partial charge in [-0.25, -0.2) is 9.37 Å². The maximum absolute atomic E-state index is 14.2. The molecule has 0 unspecified atom stereocenters. The molecule has 0 N–H and O–H groups in total. The fourth-order valence-electron chi connectivity index (χ4n) is 2.51. The topological polar surface area (TPSA) is 34.9 Å². The Hall–Kier alpha value is -1.71. The second-order valence-corrected chi connectivity index (χ2v) is 7.58. The average molecular weight is 290 g/mol. The van der Waals surface area contributed by atoms with E-state index in [1.807, 2.05) is 48.5 Å². The molecule has 0 radical (unpaired) electrons. The van der Waals surface area contributed by atoms with Gasteiger partial charge in [0.05, 0.1) is 5.52 Å². The van der Waals surface area contributed by atoms with E-state index in [0.717, 1.165) is 5.56 Å². The van der Waals surface area contributed by atoms with Crippen molar-refractivity contribution in [1.82, 2.24) is 9.55 Å². The lowest BCUT2D eigenvalue weighted by Crippen LogP contribution is -2.41. The van der Waals surface area contributed by atoms with E-state index in [9.17, 15) is 9.18 Å². The summed E-state index contributed by atoms with van der Waals surface area (Å²) in [6, 6.07) is 3.00. The van der Waals surface area contributed by atoms with Crippen molar-refractivity contribution in [3.63, 3.8) is 0 Å². The molecule has 114 valence electrons. The van der Waals surface area contributed by atoms with Gasteiger partial charge < -0.3 is 0 Å². The summed E-state index contributed by atoms with van der Waals surface area (Å²) in [5, 5.41) is 0.0814. The summed E-state index contributed by atoms with van der Waals surface area (Å²) >= 11 is 0. The summed E-state index contributed by atoms with van der Waals surface area (Å²) in [6.45, 7) is 13.7. The molecule has 0 saturated carbocycles. The first-order chi connectivity index (χ1) is 9.44. The second-order valence-electron chi connectivity index (χ2n) is 7.58. The smallest absolute Gasteiger partial charge is 0.264 e. The Bertz CT molecular complexity index is 761. The summed E-state index contributed by atoms with van der Waals surface area (Å²) in [6.07, 6.45) is 0. The van der Waals surface area contributed by atoms with Crippen LogP contribution in [0.15, 0.2) is 16.9 Å². The van der Waals surface area contributed by atoms with E-state index in [0.29, 0.717) is 11.3 Å². The lowest BCUT2D eigenvalue weighted by molar-refractivity contribution is 0.337. The van der Waals surface area contributed by atoms with Crippen LogP contribution in [-0.4, -0.2) is 9.55 Å². The largest absolute Gasteiger partial charge is 0.290 e. The standard InChI is InChI=1S/C17H23FN2O/c1-10-8-9-11(18)12-13(10)19-15(16(2,3)4)20(14(12)21)17(5,6)7/h8-9H,1-7H3. The van der Waals surface area contributed by atoms with Gasteiger partial charge in [0.15, 0.2) is 0 Å². The van der Waals surface area contributed by atoms with Crippen LogP contribution >= 0.6 is 0 Å². The third-order valence-electron chi connectivity index (χ3n) is 3.52. The van der Waals surface area contributed by atoms with Crippen molar-refractivity contribution >= 4 is 10.9 Å². The second kappa shape index (κ2) is 4.65. The normalized spacial score (nSPS) is 13.0. The van der Waals surface area contributed by atoms with Crippen LogP contribution in [0.1, 0.15) is 52.9 Å². The van der Waals surface area contributed by atoms with Gasteiger partial charge in [-0.3, -0.25) is 9.36 Å². The van der Waals surface area contributed by atoms with E-state index < -0.39 is 11.4 Å². The van der Waals surface area contributed by atoms with Crippen LogP contribution in [0.5, 0.6) is 0 Å². The number of aromatic nitrogens is 2. The van der Waals surface area contributed by atoms with Crippen LogP contribution in [0.4, 0.5) is 4.39 Å².